The lowest BCUT2D eigenvalue weighted by molar-refractivity contribution is 0.0985. The molecule has 1 unspecified atom stereocenters. The van der Waals surface area contributed by atoms with Gasteiger partial charge in [0.2, 0.25) is 0 Å². The molecule has 0 aliphatic heterocycles. The predicted molar refractivity (Wildman–Crippen MR) is 170 cm³/mol. The number of carbonyl (C=O) groups excluding carboxylic acids is 1. The Morgan fingerprint density at radius 3 is 2.40 bits per heavy atom. The molecule has 0 radical (unpaired) electrons. The highest BCUT2D eigenvalue weighted by Gasteiger charge is 2.24. The monoisotopic (exact) mass is 570 g/mol. The number of hydrogen-bond donors (Lipinski definition) is 2. The van der Waals surface area contributed by atoms with E-state index in [1.807, 2.05) is 79.7 Å². The number of benzene rings is 4. The first kappa shape index (κ1) is 28.6. The average Bonchev–Trinajstić information content (AvgIpc) is 3.79. The molecule has 1 aliphatic carbocycles. The molecule has 0 amide bonds. The van der Waals surface area contributed by atoms with E-state index in [0.29, 0.717) is 18.8 Å². The first-order valence-electron chi connectivity index (χ1n) is 15.0. The summed E-state index contributed by atoms with van der Waals surface area (Å²) in [6, 6.07) is 36.7. The number of aryl methyl sites for hydroxylation is 1. The van der Waals surface area contributed by atoms with E-state index in [1.165, 1.54) is 18.4 Å². The topological polar surface area (TPSA) is 82.2 Å². The normalized spacial score (nSPS) is 13.5. The fourth-order valence-corrected chi connectivity index (χ4v) is 5.40. The molecule has 0 bridgehead atoms. The lowest BCUT2D eigenvalue weighted by atomic mass is 9.95. The van der Waals surface area contributed by atoms with E-state index < -0.39 is 0 Å². The number of ketones is 1. The first-order chi connectivity index (χ1) is 21.1. The highest BCUT2D eigenvalue weighted by Crippen LogP contribution is 2.31. The molecular weight excluding hydrogens is 532 g/mol. The molecule has 1 heterocycles. The van der Waals surface area contributed by atoms with Gasteiger partial charge in [-0.25, -0.2) is 4.68 Å². The smallest absolute Gasteiger partial charge is 0.185 e. The summed E-state index contributed by atoms with van der Waals surface area (Å²) in [7, 11) is 0. The maximum absolute atomic E-state index is 13.6. The Labute approximate surface area is 253 Å². The summed E-state index contributed by atoms with van der Waals surface area (Å²) < 4.78 is 7.77. The zero-order chi connectivity index (χ0) is 29.6. The molecule has 6 rings (SSSR count). The lowest BCUT2D eigenvalue weighted by Crippen LogP contribution is -2.24. The van der Waals surface area contributed by atoms with Crippen molar-refractivity contribution >= 4 is 5.78 Å². The second kappa shape index (κ2) is 13.2. The fourth-order valence-electron chi connectivity index (χ4n) is 5.40. The summed E-state index contributed by atoms with van der Waals surface area (Å²) in [5.41, 5.74) is 13.5. The van der Waals surface area contributed by atoms with E-state index in [-0.39, 0.29) is 18.2 Å². The van der Waals surface area contributed by atoms with Crippen LogP contribution in [0.1, 0.15) is 62.9 Å². The zero-order valence-corrected chi connectivity index (χ0v) is 24.6. The van der Waals surface area contributed by atoms with E-state index in [9.17, 15) is 4.79 Å². The van der Waals surface area contributed by atoms with Crippen molar-refractivity contribution in [3.8, 4) is 11.4 Å². The fraction of sp³-hybridized carbons (Fsp3) is 0.243. The number of nitrogens with two attached hydrogens (primary N) is 1. The van der Waals surface area contributed by atoms with Crippen LogP contribution in [0.15, 0.2) is 109 Å². The van der Waals surface area contributed by atoms with Crippen LogP contribution in [0.3, 0.4) is 0 Å². The van der Waals surface area contributed by atoms with Crippen LogP contribution in [-0.4, -0.2) is 22.1 Å². The predicted octanol–water partition coefficient (Wildman–Crippen LogP) is 6.73. The summed E-state index contributed by atoms with van der Waals surface area (Å²) in [5, 5.41) is 8.42. The van der Waals surface area contributed by atoms with Gasteiger partial charge in [0.1, 0.15) is 18.1 Å². The van der Waals surface area contributed by atoms with Gasteiger partial charge in [-0.2, -0.15) is 5.10 Å². The van der Waals surface area contributed by atoms with Gasteiger partial charge in [0.05, 0.1) is 17.4 Å². The van der Waals surface area contributed by atoms with Crippen LogP contribution >= 0.6 is 0 Å². The Hall–Kier alpha value is -4.52. The maximum Gasteiger partial charge on any atom is 0.185 e. The van der Waals surface area contributed by atoms with Crippen LogP contribution in [0.5, 0.6) is 5.75 Å². The third kappa shape index (κ3) is 7.28. The van der Waals surface area contributed by atoms with E-state index in [0.717, 1.165) is 51.8 Å². The molecule has 1 aromatic heterocycles. The van der Waals surface area contributed by atoms with Crippen LogP contribution in [0, 0.1) is 12.8 Å². The summed E-state index contributed by atoms with van der Waals surface area (Å²) in [5.74, 6) is 1.61. The number of ether oxygens (including phenoxy) is 1. The van der Waals surface area contributed by atoms with Crippen molar-refractivity contribution in [2.24, 2.45) is 11.7 Å². The maximum atomic E-state index is 13.6. The number of Topliss-reactive ketones (excluding diaryl/α,β-unsaturated/α-hetero) is 1. The molecule has 1 saturated carbocycles. The molecule has 218 valence electrons. The number of hydrogen-bond acceptors (Lipinski definition) is 5. The summed E-state index contributed by atoms with van der Waals surface area (Å²) in [6.07, 6.45) is 2.85. The van der Waals surface area contributed by atoms with Crippen molar-refractivity contribution in [2.75, 3.05) is 6.54 Å². The Morgan fingerprint density at radius 1 is 0.884 bits per heavy atom. The molecule has 0 spiro atoms. The van der Waals surface area contributed by atoms with Crippen LogP contribution in [0.2, 0.25) is 0 Å². The van der Waals surface area contributed by atoms with Crippen molar-refractivity contribution < 1.29 is 9.53 Å². The van der Waals surface area contributed by atoms with Gasteiger partial charge in [0, 0.05) is 13.0 Å². The van der Waals surface area contributed by atoms with E-state index in [2.05, 4.69) is 46.8 Å². The van der Waals surface area contributed by atoms with Crippen molar-refractivity contribution in [1.82, 2.24) is 15.1 Å². The standard InChI is InChI=1S/C37H38N4O2/c1-26-19-35(41(40-26)33-12-6-10-30(21-33)23-38)36(42)22-29-9-5-11-32(20-29)37(39-24-27-13-14-27)31-15-17-34(18-16-31)43-25-28-7-3-2-4-8-28/h2-12,15-21,27,37,39H,13-14,22-25,38H2,1H3. The van der Waals surface area contributed by atoms with Gasteiger partial charge in [0.25, 0.3) is 0 Å². The zero-order valence-electron chi connectivity index (χ0n) is 24.6. The number of aromatic nitrogens is 2. The summed E-state index contributed by atoms with van der Waals surface area (Å²) in [4.78, 5) is 13.6. The Balaban J connectivity index is 1.20. The highest BCUT2D eigenvalue weighted by molar-refractivity contribution is 5.96. The second-order valence-corrected chi connectivity index (χ2v) is 11.4. The molecule has 5 aromatic rings. The van der Waals surface area contributed by atoms with Crippen LogP contribution < -0.4 is 15.8 Å². The molecule has 4 aromatic carbocycles. The van der Waals surface area contributed by atoms with E-state index in [1.54, 1.807) is 4.68 Å². The summed E-state index contributed by atoms with van der Waals surface area (Å²) in [6.45, 7) is 3.86. The van der Waals surface area contributed by atoms with Crippen LogP contribution in [0.25, 0.3) is 5.69 Å². The molecule has 3 N–H and O–H groups in total. The molecule has 1 atom stereocenters. The summed E-state index contributed by atoms with van der Waals surface area (Å²) >= 11 is 0. The van der Waals surface area contributed by atoms with E-state index >= 15 is 0 Å². The third-order valence-corrected chi connectivity index (χ3v) is 7.93. The average molecular weight is 571 g/mol. The van der Waals surface area contributed by atoms with Crippen molar-refractivity contribution in [3.05, 3.63) is 148 Å². The van der Waals surface area contributed by atoms with E-state index in [4.69, 9.17) is 10.5 Å². The number of nitrogens with zero attached hydrogens (tertiary/aromatic N) is 2. The molecule has 1 fully saturated rings. The van der Waals surface area contributed by atoms with Crippen LogP contribution in [0.4, 0.5) is 0 Å². The lowest BCUT2D eigenvalue weighted by Gasteiger charge is -2.21. The van der Waals surface area contributed by atoms with Gasteiger partial charge in [-0.1, -0.05) is 78.9 Å². The minimum atomic E-state index is 0.0191. The molecular formula is C37H38N4O2. The quantitative estimate of drug-likeness (QED) is 0.153. The molecule has 6 heteroatoms. The van der Waals surface area contributed by atoms with Crippen molar-refractivity contribution in [3.63, 3.8) is 0 Å². The molecule has 1 aliphatic rings. The SMILES string of the molecule is Cc1cc(C(=O)Cc2cccc(C(NCC3CC3)c3ccc(OCc4ccccc4)cc3)c2)n(-c2cccc(CN)c2)n1. The van der Waals surface area contributed by atoms with Gasteiger partial charge in [-0.3, -0.25) is 4.79 Å². The third-order valence-electron chi connectivity index (χ3n) is 7.93. The Morgan fingerprint density at radius 2 is 1.63 bits per heavy atom. The Bertz CT molecular complexity index is 1670. The van der Waals surface area contributed by atoms with Gasteiger partial charge in [0.15, 0.2) is 5.78 Å². The molecule has 43 heavy (non-hydrogen) atoms. The number of nitrogens with one attached hydrogen (secondary N) is 1. The van der Waals surface area contributed by atoms with Gasteiger partial charge < -0.3 is 15.8 Å². The Kier molecular flexibility index (Phi) is 8.77. The molecule has 0 saturated heterocycles. The molecule has 6 nitrogen and oxygen atoms in total. The van der Waals surface area contributed by atoms with Crippen molar-refractivity contribution in [1.29, 1.82) is 0 Å². The van der Waals surface area contributed by atoms with Crippen molar-refractivity contribution in [2.45, 2.75) is 45.4 Å². The van der Waals surface area contributed by atoms with Gasteiger partial charge in [-0.05, 0) is 90.4 Å². The minimum Gasteiger partial charge on any atom is -0.489 e. The first-order valence-corrected chi connectivity index (χ1v) is 15.0. The number of carbonyl (C=O) groups is 1. The largest absolute Gasteiger partial charge is 0.489 e. The van der Waals surface area contributed by atoms with Gasteiger partial charge >= 0.3 is 0 Å². The van der Waals surface area contributed by atoms with Crippen LogP contribution in [-0.2, 0) is 19.6 Å². The minimum absolute atomic E-state index is 0.0191. The number of rotatable bonds is 13. The second-order valence-electron chi connectivity index (χ2n) is 11.4. The van der Waals surface area contributed by atoms with Gasteiger partial charge in [-0.15, -0.1) is 0 Å². The highest BCUT2D eigenvalue weighted by atomic mass is 16.5.